The molecule has 2 aromatic rings. The topological polar surface area (TPSA) is 124 Å². The van der Waals surface area contributed by atoms with E-state index in [1.807, 2.05) is 26.0 Å². The van der Waals surface area contributed by atoms with E-state index in [9.17, 15) is 9.59 Å². The number of carboxylic acid groups (broad SMARTS) is 1. The number of hydrogen-bond donors (Lipinski definition) is 4. The molecule has 8 nitrogen and oxygen atoms in total. The van der Waals surface area contributed by atoms with Crippen molar-refractivity contribution >= 4 is 33.4 Å². The van der Waals surface area contributed by atoms with Crippen molar-refractivity contribution in [3.8, 4) is 0 Å². The van der Waals surface area contributed by atoms with Gasteiger partial charge in [-0.15, -0.1) is 11.3 Å². The lowest BCUT2D eigenvalue weighted by atomic mass is 10.2. The number of carboxylic acids is 1. The SMILES string of the molecule is CC(=O)O.Cc1sc2nc(CCNC(=O)C3C=CCN3)[nH]c(=O)c2c1C. The second kappa shape index (κ2) is 8.72. The Morgan fingerprint density at radius 2 is 2.12 bits per heavy atom. The number of aliphatic carboxylic acids is 1. The van der Waals surface area contributed by atoms with E-state index in [2.05, 4.69) is 20.6 Å². The third-order valence-electron chi connectivity index (χ3n) is 3.82. The van der Waals surface area contributed by atoms with Gasteiger partial charge < -0.3 is 15.4 Å². The average Bonchev–Trinajstić information content (AvgIpc) is 3.16. The lowest BCUT2D eigenvalue weighted by Gasteiger charge is -2.09. The van der Waals surface area contributed by atoms with E-state index in [0.717, 1.165) is 28.7 Å². The van der Waals surface area contributed by atoms with Gasteiger partial charge in [-0.3, -0.25) is 19.7 Å². The molecule has 0 saturated carbocycles. The lowest BCUT2D eigenvalue weighted by Crippen LogP contribution is -2.41. The number of nitrogens with one attached hydrogen (secondary N) is 3. The van der Waals surface area contributed by atoms with E-state index < -0.39 is 5.97 Å². The fraction of sp³-hybridized carbons (Fsp3) is 0.412. The normalized spacial score (nSPS) is 15.6. The number of fused-ring (bicyclic) bond motifs is 1. The fourth-order valence-corrected chi connectivity index (χ4v) is 3.53. The van der Waals surface area contributed by atoms with Gasteiger partial charge in [-0.05, 0) is 19.4 Å². The van der Waals surface area contributed by atoms with Crippen LogP contribution in [0.15, 0.2) is 16.9 Å². The molecule has 0 aliphatic carbocycles. The van der Waals surface area contributed by atoms with Gasteiger partial charge in [-0.1, -0.05) is 12.2 Å². The van der Waals surface area contributed by atoms with Crippen LogP contribution in [0.4, 0.5) is 0 Å². The molecule has 2 aromatic heterocycles. The maximum atomic E-state index is 12.1. The highest BCUT2D eigenvalue weighted by atomic mass is 32.1. The van der Waals surface area contributed by atoms with Gasteiger partial charge in [-0.25, -0.2) is 4.98 Å². The summed E-state index contributed by atoms with van der Waals surface area (Å²) in [6.07, 6.45) is 4.28. The highest BCUT2D eigenvalue weighted by Crippen LogP contribution is 2.25. The minimum Gasteiger partial charge on any atom is -0.481 e. The Kier molecular flexibility index (Phi) is 6.64. The molecule has 3 heterocycles. The summed E-state index contributed by atoms with van der Waals surface area (Å²) in [6.45, 7) is 6.18. The van der Waals surface area contributed by atoms with Gasteiger partial charge >= 0.3 is 0 Å². The van der Waals surface area contributed by atoms with Crippen molar-refractivity contribution in [3.05, 3.63) is 38.8 Å². The Bertz CT molecular complexity index is 896. The van der Waals surface area contributed by atoms with Crippen molar-refractivity contribution in [2.24, 2.45) is 0 Å². The quantitative estimate of drug-likeness (QED) is 0.586. The Balaban J connectivity index is 0.000000552. The minimum absolute atomic E-state index is 0.0556. The molecule has 26 heavy (non-hydrogen) atoms. The number of carbonyl (C=O) groups excluding carboxylic acids is 1. The van der Waals surface area contributed by atoms with E-state index in [1.165, 1.54) is 11.3 Å². The predicted octanol–water partition coefficient (Wildman–Crippen LogP) is 0.879. The zero-order valence-electron chi connectivity index (χ0n) is 14.9. The predicted molar refractivity (Wildman–Crippen MR) is 101 cm³/mol. The van der Waals surface area contributed by atoms with Crippen molar-refractivity contribution in [3.63, 3.8) is 0 Å². The number of aryl methyl sites for hydroxylation is 2. The second-order valence-corrected chi connectivity index (χ2v) is 7.05. The molecule has 4 N–H and O–H groups in total. The molecule has 0 saturated heterocycles. The zero-order valence-corrected chi connectivity index (χ0v) is 15.7. The van der Waals surface area contributed by atoms with Gasteiger partial charge in [0, 0.05) is 31.3 Å². The largest absolute Gasteiger partial charge is 0.481 e. The summed E-state index contributed by atoms with van der Waals surface area (Å²) in [5.41, 5.74) is 0.890. The number of thiophene rings is 1. The van der Waals surface area contributed by atoms with Crippen LogP contribution in [0.3, 0.4) is 0 Å². The van der Waals surface area contributed by atoms with Crippen LogP contribution in [-0.2, 0) is 16.0 Å². The first kappa shape index (κ1) is 19.8. The Morgan fingerprint density at radius 3 is 2.73 bits per heavy atom. The molecule has 9 heteroatoms. The van der Waals surface area contributed by atoms with Crippen LogP contribution in [0.5, 0.6) is 0 Å². The molecule has 0 fully saturated rings. The van der Waals surface area contributed by atoms with E-state index >= 15 is 0 Å². The number of amides is 1. The standard InChI is InChI=1S/C15H18N4O2S.C2H4O2/c1-8-9(2)22-15-12(8)14(21)18-11(19-15)5-7-17-13(20)10-4-3-6-16-10;1-2(3)4/h3-4,10,16H,5-7H2,1-2H3,(H,17,20)(H,18,19,21);1H3,(H,3,4). The summed E-state index contributed by atoms with van der Waals surface area (Å²) in [5, 5.41) is 14.0. The number of nitrogens with zero attached hydrogens (tertiary/aromatic N) is 1. The summed E-state index contributed by atoms with van der Waals surface area (Å²) in [4.78, 5) is 42.2. The molecule has 140 valence electrons. The van der Waals surface area contributed by atoms with Gasteiger partial charge in [0.25, 0.3) is 11.5 Å². The van der Waals surface area contributed by atoms with Crippen LogP contribution >= 0.6 is 11.3 Å². The number of H-pyrrole nitrogens is 1. The molecule has 1 atom stereocenters. The van der Waals surface area contributed by atoms with Gasteiger partial charge in [0.05, 0.1) is 5.39 Å². The number of rotatable bonds is 4. The fourth-order valence-electron chi connectivity index (χ4n) is 2.48. The van der Waals surface area contributed by atoms with E-state index in [4.69, 9.17) is 9.90 Å². The summed E-state index contributed by atoms with van der Waals surface area (Å²) < 4.78 is 0. The second-order valence-electron chi connectivity index (χ2n) is 5.85. The number of aromatic nitrogens is 2. The van der Waals surface area contributed by atoms with Gasteiger partial charge in [0.2, 0.25) is 5.91 Å². The van der Waals surface area contributed by atoms with E-state index in [1.54, 1.807) is 0 Å². The Labute approximate surface area is 154 Å². The smallest absolute Gasteiger partial charge is 0.300 e. The molecule has 1 unspecified atom stereocenters. The summed E-state index contributed by atoms with van der Waals surface area (Å²) in [6, 6.07) is -0.253. The minimum atomic E-state index is -0.833. The molecule has 0 radical (unpaired) electrons. The van der Waals surface area contributed by atoms with Crippen molar-refractivity contribution in [2.45, 2.75) is 33.2 Å². The number of aromatic amines is 1. The Hall–Kier alpha value is -2.52. The highest BCUT2D eigenvalue weighted by molar-refractivity contribution is 7.18. The highest BCUT2D eigenvalue weighted by Gasteiger charge is 2.17. The number of hydrogen-bond acceptors (Lipinski definition) is 6. The molecule has 3 rings (SSSR count). The number of carbonyl (C=O) groups is 2. The summed E-state index contributed by atoms with van der Waals surface area (Å²) in [5.74, 6) is -0.283. The van der Waals surface area contributed by atoms with Gasteiger partial charge in [0.1, 0.15) is 16.7 Å². The molecule has 1 aliphatic rings. The zero-order chi connectivity index (χ0) is 19.3. The van der Waals surface area contributed by atoms with Crippen molar-refractivity contribution in [1.82, 2.24) is 20.6 Å². The third kappa shape index (κ3) is 4.99. The molecule has 0 spiro atoms. The lowest BCUT2D eigenvalue weighted by molar-refractivity contribution is -0.134. The third-order valence-corrected chi connectivity index (χ3v) is 4.92. The molecular weight excluding hydrogens is 356 g/mol. The summed E-state index contributed by atoms with van der Waals surface area (Å²) >= 11 is 1.53. The van der Waals surface area contributed by atoms with Gasteiger partial charge in [0.15, 0.2) is 0 Å². The van der Waals surface area contributed by atoms with Crippen LogP contribution in [0.25, 0.3) is 10.2 Å². The van der Waals surface area contributed by atoms with Crippen molar-refractivity contribution < 1.29 is 14.7 Å². The maximum Gasteiger partial charge on any atom is 0.300 e. The first-order valence-corrected chi connectivity index (χ1v) is 8.97. The first-order chi connectivity index (χ1) is 12.3. The molecule has 1 aliphatic heterocycles. The molecule has 1 amide bonds. The molecule has 0 bridgehead atoms. The maximum absolute atomic E-state index is 12.1. The van der Waals surface area contributed by atoms with Crippen molar-refractivity contribution in [1.29, 1.82) is 0 Å². The van der Waals surface area contributed by atoms with Crippen molar-refractivity contribution in [2.75, 3.05) is 13.1 Å². The molecule has 0 aromatic carbocycles. The van der Waals surface area contributed by atoms with E-state index in [-0.39, 0.29) is 17.5 Å². The Morgan fingerprint density at radius 1 is 1.42 bits per heavy atom. The van der Waals surface area contributed by atoms with Crippen LogP contribution in [0.1, 0.15) is 23.2 Å². The van der Waals surface area contributed by atoms with Crippen LogP contribution in [-0.4, -0.2) is 46.1 Å². The average molecular weight is 378 g/mol. The van der Waals surface area contributed by atoms with Gasteiger partial charge in [-0.2, -0.15) is 0 Å². The van der Waals surface area contributed by atoms with Crippen LogP contribution < -0.4 is 16.2 Å². The summed E-state index contributed by atoms with van der Waals surface area (Å²) in [7, 11) is 0. The molecular formula is C17H22N4O4S. The van der Waals surface area contributed by atoms with Crippen LogP contribution in [0, 0.1) is 13.8 Å². The van der Waals surface area contributed by atoms with Crippen LogP contribution in [0.2, 0.25) is 0 Å². The monoisotopic (exact) mass is 378 g/mol. The first-order valence-electron chi connectivity index (χ1n) is 8.15. The van der Waals surface area contributed by atoms with E-state index in [0.29, 0.717) is 24.2 Å².